The molecule has 1 aliphatic rings. The van der Waals surface area contributed by atoms with E-state index >= 15 is 0 Å². The third-order valence-electron chi connectivity index (χ3n) is 5.85. The van der Waals surface area contributed by atoms with Crippen molar-refractivity contribution in [1.82, 2.24) is 19.6 Å². The van der Waals surface area contributed by atoms with E-state index in [0.717, 1.165) is 39.0 Å². The van der Waals surface area contributed by atoms with Gasteiger partial charge in [0.25, 0.3) is 0 Å². The molecule has 0 saturated carbocycles. The van der Waals surface area contributed by atoms with Crippen molar-refractivity contribution < 1.29 is 23.9 Å². The minimum absolute atomic E-state index is 0.102. The number of ether oxygens (including phenoxy) is 1. The van der Waals surface area contributed by atoms with Gasteiger partial charge in [-0.05, 0) is 60.9 Å². The maximum Gasteiger partial charge on any atom is 0.320 e. The van der Waals surface area contributed by atoms with E-state index in [-0.39, 0.29) is 29.9 Å². The number of rotatable bonds is 11. The first kappa shape index (κ1) is 31.4. The van der Waals surface area contributed by atoms with Crippen LogP contribution in [0.15, 0.2) is 0 Å². The zero-order valence-corrected chi connectivity index (χ0v) is 22.9. The topological polar surface area (TPSA) is 90.5 Å². The summed E-state index contributed by atoms with van der Waals surface area (Å²) in [5.41, 5.74) is -0.535. The van der Waals surface area contributed by atoms with Gasteiger partial charge in [-0.25, -0.2) is 0 Å². The first-order valence-corrected chi connectivity index (χ1v) is 12.9. The fourth-order valence-electron chi connectivity index (χ4n) is 4.17. The normalized spacial score (nSPS) is 18.5. The van der Waals surface area contributed by atoms with Gasteiger partial charge in [0.15, 0.2) is 0 Å². The summed E-state index contributed by atoms with van der Waals surface area (Å²) in [6, 6.07) is 0. The van der Waals surface area contributed by atoms with Crippen LogP contribution in [0.25, 0.3) is 0 Å². The molecule has 1 saturated heterocycles. The molecule has 9 heteroatoms. The zero-order valence-electron chi connectivity index (χ0n) is 22.9. The molecule has 1 aliphatic heterocycles. The molecule has 0 radical (unpaired) electrons. The molecule has 9 nitrogen and oxygen atoms in total. The highest BCUT2D eigenvalue weighted by atomic mass is 16.6. The lowest BCUT2D eigenvalue weighted by molar-refractivity contribution is -0.156. The quantitative estimate of drug-likeness (QED) is 0.312. The lowest BCUT2D eigenvalue weighted by atomic mass is 10.2. The van der Waals surface area contributed by atoms with Gasteiger partial charge in [0.05, 0.1) is 19.6 Å². The highest BCUT2D eigenvalue weighted by molar-refractivity contribution is 5.78. The molecule has 1 rings (SSSR count). The smallest absolute Gasteiger partial charge is 0.320 e. The molecule has 1 heterocycles. The van der Waals surface area contributed by atoms with Crippen LogP contribution in [0.1, 0.15) is 60.8 Å². The Morgan fingerprint density at radius 1 is 0.600 bits per heavy atom. The third kappa shape index (κ3) is 16.6. The van der Waals surface area contributed by atoms with E-state index in [0.29, 0.717) is 52.2 Å². The number of carbonyl (C=O) groups is 4. The summed E-state index contributed by atoms with van der Waals surface area (Å²) in [5, 5.41) is 0. The molecule has 0 spiro atoms. The Hall–Kier alpha value is -1.68. The standard InChI is InChI=1S/C26H48N4O5/c1-22(31)9-7-8-10-27-11-13-28(19-23(2)32)15-16-29(20-24(3)33)17-18-30(14-12-27)21-25(34)35-26(4,5)6/h7-21H2,1-6H3. The summed E-state index contributed by atoms with van der Waals surface area (Å²) in [4.78, 5) is 56.3. The Balaban J connectivity index is 2.93. The van der Waals surface area contributed by atoms with Gasteiger partial charge < -0.3 is 14.4 Å². The second-order valence-corrected chi connectivity index (χ2v) is 10.8. The van der Waals surface area contributed by atoms with Crippen LogP contribution in [0.3, 0.4) is 0 Å². The SMILES string of the molecule is CC(=O)CCCCN1CCN(CC(C)=O)CCN(CC(C)=O)CCN(CC(=O)OC(C)(C)C)CC1. The van der Waals surface area contributed by atoms with Gasteiger partial charge >= 0.3 is 5.97 Å². The highest BCUT2D eigenvalue weighted by Crippen LogP contribution is 2.09. The Morgan fingerprint density at radius 3 is 1.37 bits per heavy atom. The van der Waals surface area contributed by atoms with Gasteiger partial charge in [-0.2, -0.15) is 0 Å². The number of nitrogens with zero attached hydrogens (tertiary/aromatic N) is 4. The molecule has 202 valence electrons. The molecule has 0 aromatic rings. The molecular formula is C26H48N4O5. The van der Waals surface area contributed by atoms with Crippen LogP contribution in [0.5, 0.6) is 0 Å². The molecule has 0 atom stereocenters. The highest BCUT2D eigenvalue weighted by Gasteiger charge is 2.22. The Kier molecular flexibility index (Phi) is 14.5. The number of esters is 1. The summed E-state index contributed by atoms with van der Waals surface area (Å²) < 4.78 is 5.55. The fraction of sp³-hybridized carbons (Fsp3) is 0.846. The van der Waals surface area contributed by atoms with Crippen LogP contribution in [0.2, 0.25) is 0 Å². The number of hydrogen-bond donors (Lipinski definition) is 0. The second-order valence-electron chi connectivity index (χ2n) is 10.8. The molecule has 0 unspecified atom stereocenters. The lowest BCUT2D eigenvalue weighted by Crippen LogP contribution is -2.48. The minimum atomic E-state index is -0.535. The van der Waals surface area contributed by atoms with Crippen LogP contribution < -0.4 is 0 Å². The fourth-order valence-corrected chi connectivity index (χ4v) is 4.17. The molecular weight excluding hydrogens is 448 g/mol. The predicted molar refractivity (Wildman–Crippen MR) is 137 cm³/mol. The van der Waals surface area contributed by atoms with Gasteiger partial charge in [0.2, 0.25) is 0 Å². The van der Waals surface area contributed by atoms with Crippen molar-refractivity contribution in [3.05, 3.63) is 0 Å². The Labute approximate surface area is 212 Å². The minimum Gasteiger partial charge on any atom is -0.459 e. The van der Waals surface area contributed by atoms with E-state index in [1.807, 2.05) is 20.8 Å². The molecule has 0 amide bonds. The van der Waals surface area contributed by atoms with Gasteiger partial charge in [0.1, 0.15) is 23.0 Å². The molecule has 35 heavy (non-hydrogen) atoms. The number of Topliss-reactive ketones (excluding diaryl/α,β-unsaturated/α-hetero) is 3. The van der Waals surface area contributed by atoms with Crippen LogP contribution in [0, 0.1) is 0 Å². The van der Waals surface area contributed by atoms with Crippen LogP contribution in [-0.4, -0.2) is 127 Å². The predicted octanol–water partition coefficient (Wildman–Crippen LogP) is 1.49. The summed E-state index contributed by atoms with van der Waals surface area (Å²) in [7, 11) is 0. The molecule has 1 fully saturated rings. The van der Waals surface area contributed by atoms with Crippen molar-refractivity contribution in [2.75, 3.05) is 78.5 Å². The van der Waals surface area contributed by atoms with Gasteiger partial charge in [-0.15, -0.1) is 0 Å². The number of carbonyl (C=O) groups excluding carboxylic acids is 4. The van der Waals surface area contributed by atoms with Crippen molar-refractivity contribution in [2.24, 2.45) is 0 Å². The van der Waals surface area contributed by atoms with Crippen molar-refractivity contribution in [3.63, 3.8) is 0 Å². The van der Waals surface area contributed by atoms with E-state index in [2.05, 4.69) is 19.6 Å². The van der Waals surface area contributed by atoms with Gasteiger partial charge in [-0.1, -0.05) is 0 Å². The second kappa shape index (κ2) is 16.1. The van der Waals surface area contributed by atoms with Crippen molar-refractivity contribution >= 4 is 23.3 Å². The largest absolute Gasteiger partial charge is 0.459 e. The number of hydrogen-bond acceptors (Lipinski definition) is 9. The number of ketones is 3. The van der Waals surface area contributed by atoms with E-state index in [9.17, 15) is 19.2 Å². The van der Waals surface area contributed by atoms with Crippen molar-refractivity contribution in [3.8, 4) is 0 Å². The summed E-state index contributed by atoms with van der Waals surface area (Å²) in [6.07, 6.45) is 2.40. The van der Waals surface area contributed by atoms with Crippen molar-refractivity contribution in [2.45, 2.75) is 66.4 Å². The zero-order chi connectivity index (χ0) is 26.4. The van der Waals surface area contributed by atoms with Gasteiger partial charge in [-0.3, -0.25) is 29.1 Å². The van der Waals surface area contributed by atoms with Gasteiger partial charge in [0, 0.05) is 58.8 Å². The molecule has 0 N–H and O–H groups in total. The average Bonchev–Trinajstić information content (AvgIpc) is 2.70. The maximum atomic E-state index is 12.5. The molecule has 0 aromatic heterocycles. The maximum absolute atomic E-state index is 12.5. The summed E-state index contributed by atoms with van der Waals surface area (Å²) in [6.45, 7) is 18.0. The first-order valence-electron chi connectivity index (χ1n) is 12.9. The average molecular weight is 497 g/mol. The van der Waals surface area contributed by atoms with Crippen LogP contribution in [-0.2, 0) is 23.9 Å². The summed E-state index contributed by atoms with van der Waals surface area (Å²) in [5.74, 6) is 0.200. The number of unbranched alkanes of at least 4 members (excludes halogenated alkanes) is 1. The lowest BCUT2D eigenvalue weighted by Gasteiger charge is -2.34. The molecule has 0 aromatic carbocycles. The Bertz CT molecular complexity index is 692. The van der Waals surface area contributed by atoms with E-state index in [4.69, 9.17) is 4.74 Å². The van der Waals surface area contributed by atoms with Crippen molar-refractivity contribution in [1.29, 1.82) is 0 Å². The summed E-state index contributed by atoms with van der Waals surface area (Å²) >= 11 is 0. The first-order chi connectivity index (χ1) is 16.3. The van der Waals surface area contributed by atoms with E-state index in [1.165, 1.54) is 0 Å². The third-order valence-corrected chi connectivity index (χ3v) is 5.85. The van der Waals surface area contributed by atoms with Crippen LogP contribution in [0.4, 0.5) is 0 Å². The molecule has 0 aliphatic carbocycles. The van der Waals surface area contributed by atoms with E-state index < -0.39 is 5.60 Å². The Morgan fingerprint density at radius 2 is 1.00 bits per heavy atom. The van der Waals surface area contributed by atoms with Crippen LogP contribution >= 0.6 is 0 Å². The molecule has 0 bridgehead atoms. The monoisotopic (exact) mass is 496 g/mol. The van der Waals surface area contributed by atoms with E-state index in [1.54, 1.807) is 20.8 Å².